The predicted octanol–water partition coefficient (Wildman–Crippen LogP) is 2.52. The lowest BCUT2D eigenvalue weighted by atomic mass is 9.99. The molecule has 0 bridgehead atoms. The van der Waals surface area contributed by atoms with E-state index >= 15 is 0 Å². The molecule has 3 heteroatoms. The van der Waals surface area contributed by atoms with Crippen molar-refractivity contribution in [3.8, 4) is 5.75 Å². The Kier molecular flexibility index (Phi) is 3.97. The lowest BCUT2D eigenvalue weighted by molar-refractivity contribution is 0.357. The molecule has 2 heterocycles. The van der Waals surface area contributed by atoms with Gasteiger partial charge in [-0.2, -0.15) is 0 Å². The van der Waals surface area contributed by atoms with Gasteiger partial charge in [-0.15, -0.1) is 0 Å². The molecule has 1 aromatic carbocycles. The maximum Gasteiger partial charge on any atom is 0.122 e. The molecule has 3 rings (SSSR count). The molecule has 0 fully saturated rings. The average Bonchev–Trinajstić information content (AvgIpc) is 2.93. The lowest BCUT2D eigenvalue weighted by Crippen LogP contribution is -2.23. The maximum atomic E-state index is 6.22. The fourth-order valence-electron chi connectivity index (χ4n) is 2.67. The number of rotatable bonds is 5. The van der Waals surface area contributed by atoms with Crippen molar-refractivity contribution in [3.05, 3.63) is 59.4 Å². The first-order valence-electron chi connectivity index (χ1n) is 7.20. The Morgan fingerprint density at radius 1 is 1.15 bits per heavy atom. The normalized spacial score (nSPS) is 14.7. The first-order chi connectivity index (χ1) is 9.81. The summed E-state index contributed by atoms with van der Waals surface area (Å²) in [4.78, 5) is 4.03. The van der Waals surface area contributed by atoms with E-state index in [2.05, 4.69) is 23.2 Å². The molecule has 2 aromatic rings. The van der Waals surface area contributed by atoms with Crippen molar-refractivity contribution < 1.29 is 4.74 Å². The van der Waals surface area contributed by atoms with Gasteiger partial charge in [-0.3, -0.25) is 4.98 Å². The smallest absolute Gasteiger partial charge is 0.122 e. The molecule has 0 spiro atoms. The van der Waals surface area contributed by atoms with Crippen LogP contribution in [0.3, 0.4) is 0 Å². The molecule has 3 nitrogen and oxygen atoms in total. The zero-order valence-electron chi connectivity index (χ0n) is 11.6. The molecule has 0 amide bonds. The van der Waals surface area contributed by atoms with E-state index in [9.17, 15) is 0 Å². The Balaban J connectivity index is 1.54. The summed E-state index contributed by atoms with van der Waals surface area (Å²) in [5.74, 6) is 1.05. The number of aryl methyl sites for hydroxylation is 1. The molecular formula is C17H20N2O. The van der Waals surface area contributed by atoms with Gasteiger partial charge in [0.05, 0.1) is 6.61 Å². The Labute approximate surface area is 119 Å². The second-order valence-electron chi connectivity index (χ2n) is 5.40. The molecular weight excluding hydrogens is 248 g/mol. The van der Waals surface area contributed by atoms with Crippen LogP contribution in [0.4, 0.5) is 0 Å². The third-order valence-corrected chi connectivity index (χ3v) is 3.80. The van der Waals surface area contributed by atoms with E-state index in [1.165, 1.54) is 16.7 Å². The Morgan fingerprint density at radius 2 is 2.00 bits per heavy atom. The van der Waals surface area contributed by atoms with Crippen molar-refractivity contribution in [1.82, 2.24) is 4.98 Å². The number of fused-ring (bicyclic) bond motifs is 1. The van der Waals surface area contributed by atoms with E-state index in [-0.39, 0.29) is 6.04 Å². The minimum atomic E-state index is 0.196. The summed E-state index contributed by atoms with van der Waals surface area (Å²) in [5, 5.41) is 0. The third-order valence-electron chi connectivity index (χ3n) is 3.80. The second-order valence-corrected chi connectivity index (χ2v) is 5.40. The number of hydrogen-bond acceptors (Lipinski definition) is 3. The van der Waals surface area contributed by atoms with Crippen molar-refractivity contribution >= 4 is 0 Å². The summed E-state index contributed by atoms with van der Waals surface area (Å²) in [6, 6.07) is 10.8. The Morgan fingerprint density at radius 3 is 2.85 bits per heavy atom. The topological polar surface area (TPSA) is 48.1 Å². The largest absolute Gasteiger partial charge is 0.493 e. The van der Waals surface area contributed by atoms with Crippen LogP contribution in [-0.2, 0) is 19.3 Å². The summed E-state index contributed by atoms with van der Waals surface area (Å²) in [7, 11) is 0. The number of pyridine rings is 1. The Bertz CT molecular complexity index is 568. The van der Waals surface area contributed by atoms with E-state index in [1.807, 2.05) is 24.5 Å². The lowest BCUT2D eigenvalue weighted by Gasteiger charge is -2.12. The molecule has 0 saturated heterocycles. The molecule has 1 aromatic heterocycles. The summed E-state index contributed by atoms with van der Waals surface area (Å²) in [6.45, 7) is 0.820. The first-order valence-corrected chi connectivity index (χ1v) is 7.20. The molecule has 20 heavy (non-hydrogen) atoms. The van der Waals surface area contributed by atoms with E-state index < -0.39 is 0 Å². The molecule has 0 radical (unpaired) electrons. The van der Waals surface area contributed by atoms with Gasteiger partial charge in [-0.1, -0.05) is 12.1 Å². The summed E-state index contributed by atoms with van der Waals surface area (Å²) in [6.07, 6.45) is 7.62. The highest BCUT2D eigenvalue weighted by Gasteiger charge is 2.12. The minimum absolute atomic E-state index is 0.196. The molecule has 1 aliphatic rings. The number of ether oxygens (including phenoxy) is 1. The molecule has 0 aliphatic carbocycles. The van der Waals surface area contributed by atoms with Crippen molar-refractivity contribution in [2.75, 3.05) is 6.61 Å². The van der Waals surface area contributed by atoms with Crippen molar-refractivity contribution in [1.29, 1.82) is 0 Å². The Hall–Kier alpha value is -1.87. The van der Waals surface area contributed by atoms with Gasteiger partial charge in [0.1, 0.15) is 5.75 Å². The predicted molar refractivity (Wildman–Crippen MR) is 79.9 cm³/mol. The number of benzene rings is 1. The molecule has 0 saturated carbocycles. The van der Waals surface area contributed by atoms with E-state index in [1.54, 1.807) is 0 Å². The van der Waals surface area contributed by atoms with Gasteiger partial charge in [0, 0.05) is 24.9 Å². The fraction of sp³-hybridized carbons (Fsp3) is 0.353. The molecule has 1 unspecified atom stereocenters. The van der Waals surface area contributed by atoms with Crippen molar-refractivity contribution in [3.63, 3.8) is 0 Å². The number of aromatic nitrogens is 1. The van der Waals surface area contributed by atoms with Crippen LogP contribution in [0.2, 0.25) is 0 Å². The number of nitrogens with two attached hydrogens (primary N) is 1. The van der Waals surface area contributed by atoms with E-state index in [0.29, 0.717) is 0 Å². The SMILES string of the molecule is NC(CCc1ccc2c(c1)CCO2)Cc1ccncc1. The van der Waals surface area contributed by atoms with Gasteiger partial charge in [-0.05, 0) is 54.2 Å². The molecule has 1 aliphatic heterocycles. The summed E-state index contributed by atoms with van der Waals surface area (Å²) >= 11 is 0. The van der Waals surface area contributed by atoms with Crippen LogP contribution in [-0.4, -0.2) is 17.6 Å². The zero-order valence-corrected chi connectivity index (χ0v) is 11.6. The van der Waals surface area contributed by atoms with Crippen molar-refractivity contribution in [2.45, 2.75) is 31.7 Å². The van der Waals surface area contributed by atoms with E-state index in [4.69, 9.17) is 10.5 Å². The maximum absolute atomic E-state index is 6.22. The molecule has 1 atom stereocenters. The summed E-state index contributed by atoms with van der Waals surface area (Å²) in [5.41, 5.74) is 10.2. The van der Waals surface area contributed by atoms with Crippen molar-refractivity contribution in [2.24, 2.45) is 5.73 Å². The monoisotopic (exact) mass is 268 g/mol. The molecule has 104 valence electrons. The van der Waals surface area contributed by atoms with Crippen LogP contribution in [0.15, 0.2) is 42.7 Å². The molecule has 2 N–H and O–H groups in total. The van der Waals surface area contributed by atoms with Crippen LogP contribution >= 0.6 is 0 Å². The van der Waals surface area contributed by atoms with Crippen LogP contribution in [0, 0.1) is 0 Å². The highest BCUT2D eigenvalue weighted by atomic mass is 16.5. The van der Waals surface area contributed by atoms with Crippen LogP contribution in [0.1, 0.15) is 23.1 Å². The average molecular weight is 268 g/mol. The van der Waals surface area contributed by atoms with Gasteiger partial charge in [0.2, 0.25) is 0 Å². The number of hydrogen-bond donors (Lipinski definition) is 1. The zero-order chi connectivity index (χ0) is 13.8. The fourth-order valence-corrected chi connectivity index (χ4v) is 2.67. The first kappa shape index (κ1) is 13.1. The third kappa shape index (κ3) is 3.17. The van der Waals surface area contributed by atoms with Crippen LogP contribution in [0.25, 0.3) is 0 Å². The van der Waals surface area contributed by atoms with Gasteiger partial charge in [0.15, 0.2) is 0 Å². The van der Waals surface area contributed by atoms with Gasteiger partial charge in [0.25, 0.3) is 0 Å². The minimum Gasteiger partial charge on any atom is -0.493 e. The van der Waals surface area contributed by atoms with Crippen LogP contribution in [0.5, 0.6) is 5.75 Å². The van der Waals surface area contributed by atoms with E-state index in [0.717, 1.165) is 38.0 Å². The quantitative estimate of drug-likeness (QED) is 0.906. The van der Waals surface area contributed by atoms with Gasteiger partial charge in [-0.25, -0.2) is 0 Å². The van der Waals surface area contributed by atoms with Gasteiger partial charge < -0.3 is 10.5 Å². The van der Waals surface area contributed by atoms with Crippen LogP contribution < -0.4 is 10.5 Å². The highest BCUT2D eigenvalue weighted by molar-refractivity contribution is 5.39. The number of nitrogens with zero attached hydrogens (tertiary/aromatic N) is 1. The highest BCUT2D eigenvalue weighted by Crippen LogP contribution is 2.26. The second kappa shape index (κ2) is 6.06. The summed E-state index contributed by atoms with van der Waals surface area (Å²) < 4.78 is 5.53. The standard InChI is InChI=1S/C17H20N2O/c18-16(12-14-5-8-19-9-6-14)3-1-13-2-4-17-15(11-13)7-10-20-17/h2,4-6,8-9,11,16H,1,3,7,10,12,18H2. The van der Waals surface area contributed by atoms with Gasteiger partial charge >= 0.3 is 0 Å².